The van der Waals surface area contributed by atoms with E-state index in [0.29, 0.717) is 25.3 Å². The fourth-order valence-corrected chi connectivity index (χ4v) is 6.44. The van der Waals surface area contributed by atoms with E-state index in [2.05, 4.69) is 35.6 Å². The van der Waals surface area contributed by atoms with Crippen LogP contribution in [0, 0.1) is 5.92 Å². The molecule has 162 valence electrons. The van der Waals surface area contributed by atoms with Crippen molar-refractivity contribution in [1.29, 1.82) is 0 Å². The van der Waals surface area contributed by atoms with E-state index in [-0.39, 0.29) is 23.6 Å². The van der Waals surface area contributed by atoms with Gasteiger partial charge in [-0.2, -0.15) is 0 Å². The van der Waals surface area contributed by atoms with E-state index < -0.39 is 15.3 Å². The van der Waals surface area contributed by atoms with Crippen molar-refractivity contribution in [3.63, 3.8) is 0 Å². The Hall–Kier alpha value is -1.89. The standard InChI is InChI=1S/C24H32N2O3S/c1-2-12-30(27,28)24(19-15-26-16-19)29-20-10-8-18-9-11-23(25)22(21(18)14-20)13-17-6-4-3-5-7-17/h3-8,10,14,19,22-24,26H,2,9,11-13,15-16,25H2,1H3. The molecule has 0 amide bonds. The van der Waals surface area contributed by atoms with Crippen LogP contribution in [0.25, 0.3) is 0 Å². The third kappa shape index (κ3) is 4.56. The number of benzene rings is 2. The lowest BCUT2D eigenvalue weighted by atomic mass is 9.76. The Bertz CT molecular complexity index is 958. The summed E-state index contributed by atoms with van der Waals surface area (Å²) >= 11 is 0. The Kier molecular flexibility index (Phi) is 6.46. The largest absolute Gasteiger partial charge is 0.474 e. The smallest absolute Gasteiger partial charge is 0.204 e. The van der Waals surface area contributed by atoms with E-state index in [1.165, 1.54) is 16.7 Å². The Morgan fingerprint density at radius 3 is 2.60 bits per heavy atom. The van der Waals surface area contributed by atoms with Crippen molar-refractivity contribution in [2.24, 2.45) is 11.7 Å². The molecule has 0 radical (unpaired) electrons. The zero-order chi connectivity index (χ0) is 21.1. The van der Waals surface area contributed by atoms with E-state index in [1.54, 1.807) is 0 Å². The van der Waals surface area contributed by atoms with Crippen LogP contribution >= 0.6 is 0 Å². The minimum absolute atomic E-state index is 0.0000417. The fourth-order valence-electron chi connectivity index (χ4n) is 4.60. The number of nitrogens with one attached hydrogen (secondary N) is 1. The number of sulfone groups is 1. The topological polar surface area (TPSA) is 81.4 Å². The van der Waals surface area contributed by atoms with E-state index in [9.17, 15) is 8.42 Å². The van der Waals surface area contributed by atoms with Gasteiger partial charge >= 0.3 is 0 Å². The highest BCUT2D eigenvalue weighted by molar-refractivity contribution is 7.91. The highest BCUT2D eigenvalue weighted by Gasteiger charge is 2.38. The minimum atomic E-state index is -3.31. The molecule has 5 nitrogen and oxygen atoms in total. The number of hydrogen-bond acceptors (Lipinski definition) is 5. The Labute approximate surface area is 179 Å². The molecule has 4 rings (SSSR count). The van der Waals surface area contributed by atoms with Crippen LogP contribution in [0.1, 0.15) is 42.4 Å². The van der Waals surface area contributed by atoms with Gasteiger partial charge < -0.3 is 15.8 Å². The van der Waals surface area contributed by atoms with Crippen LogP contribution in [0.2, 0.25) is 0 Å². The molecule has 1 saturated heterocycles. The molecule has 3 unspecified atom stereocenters. The molecule has 2 aliphatic rings. The molecule has 2 aromatic carbocycles. The molecular formula is C24H32N2O3S. The molecule has 1 aliphatic carbocycles. The van der Waals surface area contributed by atoms with Gasteiger partial charge in [0.15, 0.2) is 9.84 Å². The minimum Gasteiger partial charge on any atom is -0.474 e. The van der Waals surface area contributed by atoms with Gasteiger partial charge in [0.1, 0.15) is 5.75 Å². The quantitative estimate of drug-likeness (QED) is 0.675. The number of fused-ring (bicyclic) bond motifs is 1. The Balaban J connectivity index is 1.61. The highest BCUT2D eigenvalue weighted by atomic mass is 32.2. The third-order valence-corrected chi connectivity index (χ3v) is 8.54. The van der Waals surface area contributed by atoms with Gasteiger partial charge in [0.2, 0.25) is 5.44 Å². The average molecular weight is 429 g/mol. The second kappa shape index (κ2) is 9.08. The van der Waals surface area contributed by atoms with Gasteiger partial charge in [-0.15, -0.1) is 0 Å². The summed E-state index contributed by atoms with van der Waals surface area (Å²) in [4.78, 5) is 0. The van der Waals surface area contributed by atoms with Gasteiger partial charge in [0.05, 0.1) is 5.75 Å². The first-order chi connectivity index (χ1) is 14.5. The van der Waals surface area contributed by atoms with Crippen LogP contribution in [-0.4, -0.2) is 38.7 Å². The number of aryl methyl sites for hydroxylation is 1. The van der Waals surface area contributed by atoms with Crippen molar-refractivity contribution in [2.45, 2.75) is 50.0 Å². The number of nitrogens with two attached hydrogens (primary N) is 1. The Morgan fingerprint density at radius 1 is 1.17 bits per heavy atom. The number of hydrogen-bond donors (Lipinski definition) is 2. The van der Waals surface area contributed by atoms with Crippen molar-refractivity contribution in [3.8, 4) is 5.75 Å². The van der Waals surface area contributed by atoms with Gasteiger partial charge in [-0.05, 0) is 54.5 Å². The van der Waals surface area contributed by atoms with E-state index in [0.717, 1.165) is 19.3 Å². The second-order valence-corrected chi connectivity index (χ2v) is 10.8. The van der Waals surface area contributed by atoms with Crippen LogP contribution in [-0.2, 0) is 22.7 Å². The molecular weight excluding hydrogens is 396 g/mol. The summed E-state index contributed by atoms with van der Waals surface area (Å²) < 4.78 is 31.9. The summed E-state index contributed by atoms with van der Waals surface area (Å²) in [7, 11) is -3.31. The molecule has 0 saturated carbocycles. The van der Waals surface area contributed by atoms with Crippen LogP contribution in [0.5, 0.6) is 5.75 Å². The average Bonchev–Trinajstić information content (AvgIpc) is 2.69. The molecule has 3 N–H and O–H groups in total. The summed E-state index contributed by atoms with van der Waals surface area (Å²) in [5.74, 6) is 0.994. The van der Waals surface area contributed by atoms with Crippen LogP contribution < -0.4 is 15.8 Å². The lowest BCUT2D eigenvalue weighted by molar-refractivity contribution is 0.160. The number of ether oxygens (including phenoxy) is 1. The van der Waals surface area contributed by atoms with Crippen LogP contribution in [0.3, 0.4) is 0 Å². The zero-order valence-corrected chi connectivity index (χ0v) is 18.4. The lowest BCUT2D eigenvalue weighted by Crippen LogP contribution is -2.53. The molecule has 1 fully saturated rings. The van der Waals surface area contributed by atoms with Crippen molar-refractivity contribution in [1.82, 2.24) is 5.32 Å². The van der Waals surface area contributed by atoms with E-state index in [1.807, 2.05) is 25.1 Å². The van der Waals surface area contributed by atoms with Crippen LogP contribution in [0.15, 0.2) is 48.5 Å². The van der Waals surface area contributed by atoms with Gasteiger partial charge in [0, 0.05) is 31.0 Å². The van der Waals surface area contributed by atoms with E-state index in [4.69, 9.17) is 10.5 Å². The van der Waals surface area contributed by atoms with Gasteiger partial charge in [-0.3, -0.25) is 0 Å². The summed E-state index contributed by atoms with van der Waals surface area (Å²) in [6, 6.07) is 16.6. The predicted octanol–water partition coefficient (Wildman–Crippen LogP) is 3.04. The second-order valence-electron chi connectivity index (χ2n) is 8.63. The summed E-state index contributed by atoms with van der Waals surface area (Å²) in [5.41, 5.74) is 9.51. The maximum Gasteiger partial charge on any atom is 0.204 e. The fraction of sp³-hybridized carbons (Fsp3) is 0.500. The van der Waals surface area contributed by atoms with Crippen LogP contribution in [0.4, 0.5) is 0 Å². The highest BCUT2D eigenvalue weighted by Crippen LogP contribution is 2.36. The molecule has 0 bridgehead atoms. The van der Waals surface area contributed by atoms with E-state index >= 15 is 0 Å². The first-order valence-corrected chi connectivity index (χ1v) is 12.7. The lowest BCUT2D eigenvalue weighted by Gasteiger charge is -2.35. The van der Waals surface area contributed by atoms with Crippen molar-refractivity contribution < 1.29 is 13.2 Å². The third-order valence-electron chi connectivity index (χ3n) is 6.37. The summed E-state index contributed by atoms with van der Waals surface area (Å²) in [5, 5.41) is 3.17. The molecule has 2 aromatic rings. The molecule has 0 aromatic heterocycles. The van der Waals surface area contributed by atoms with Gasteiger partial charge in [-0.1, -0.05) is 43.3 Å². The van der Waals surface area contributed by atoms with Gasteiger partial charge in [-0.25, -0.2) is 8.42 Å². The van der Waals surface area contributed by atoms with Crippen molar-refractivity contribution in [3.05, 3.63) is 65.2 Å². The maximum absolute atomic E-state index is 12.8. The van der Waals surface area contributed by atoms with Crippen molar-refractivity contribution in [2.75, 3.05) is 18.8 Å². The van der Waals surface area contributed by atoms with Crippen molar-refractivity contribution >= 4 is 9.84 Å². The molecule has 3 atom stereocenters. The molecule has 1 aliphatic heterocycles. The summed E-state index contributed by atoms with van der Waals surface area (Å²) in [6.07, 6.45) is 3.39. The zero-order valence-electron chi connectivity index (χ0n) is 17.6. The van der Waals surface area contributed by atoms with Gasteiger partial charge in [0.25, 0.3) is 0 Å². The maximum atomic E-state index is 12.8. The molecule has 6 heteroatoms. The first-order valence-electron chi connectivity index (χ1n) is 11.0. The SMILES string of the molecule is CCCS(=O)(=O)C(Oc1ccc2c(c1)C(Cc1ccccc1)C(N)CC2)C1CNC1. The Morgan fingerprint density at radius 2 is 1.93 bits per heavy atom. The monoisotopic (exact) mass is 428 g/mol. The molecule has 0 spiro atoms. The molecule has 30 heavy (non-hydrogen) atoms. The molecule has 1 heterocycles. The normalized spacial score (nSPS) is 22.7. The predicted molar refractivity (Wildman–Crippen MR) is 120 cm³/mol. The number of rotatable bonds is 8. The summed E-state index contributed by atoms with van der Waals surface area (Å²) in [6.45, 7) is 3.25. The first kappa shape index (κ1) is 21.3.